The second-order valence-electron chi connectivity index (χ2n) is 6.97. The monoisotopic (exact) mass is 447 g/mol. The molecule has 168 valence electrons. The predicted octanol–water partition coefficient (Wildman–Crippen LogP) is 2.47. The van der Waals surface area contributed by atoms with E-state index in [9.17, 15) is 27.6 Å². The van der Waals surface area contributed by atoms with E-state index in [1.165, 1.54) is 25.1 Å². The zero-order valence-corrected chi connectivity index (χ0v) is 16.9. The molecule has 1 aromatic heterocycles. The summed E-state index contributed by atoms with van der Waals surface area (Å²) in [5.41, 5.74) is 5.19. The van der Waals surface area contributed by atoms with Crippen LogP contribution in [-0.2, 0) is 27.1 Å². The number of fused-ring (bicyclic) bond motifs is 1. The molecular formula is C21H20F3N5O3. The Morgan fingerprint density at radius 3 is 2.25 bits per heavy atom. The van der Waals surface area contributed by atoms with Gasteiger partial charge in [-0.25, -0.2) is 4.98 Å². The van der Waals surface area contributed by atoms with E-state index in [0.717, 1.165) is 4.57 Å². The maximum Gasteiger partial charge on any atom is 0.449 e. The van der Waals surface area contributed by atoms with Crippen molar-refractivity contribution in [1.82, 2.24) is 25.7 Å². The minimum absolute atomic E-state index is 0.0951. The molecule has 3 aromatic rings. The zero-order valence-electron chi connectivity index (χ0n) is 16.9. The van der Waals surface area contributed by atoms with Crippen molar-refractivity contribution in [2.75, 3.05) is 0 Å². The fraction of sp³-hybridized carbons (Fsp3) is 0.238. The Morgan fingerprint density at radius 2 is 1.59 bits per heavy atom. The SMILES string of the molecule is CC(=O)NC(CC(=O)NNC(=O)Cn1c(C(F)(F)F)nc2ccccc21)c1ccccc1. The average Bonchev–Trinajstić information content (AvgIpc) is 3.11. The maximum absolute atomic E-state index is 13.3. The van der Waals surface area contributed by atoms with Gasteiger partial charge in [-0.2, -0.15) is 13.2 Å². The first-order valence-electron chi connectivity index (χ1n) is 9.57. The van der Waals surface area contributed by atoms with Gasteiger partial charge in [-0.15, -0.1) is 0 Å². The average molecular weight is 447 g/mol. The number of rotatable bonds is 6. The standard InChI is InChI=1S/C21H20F3N5O3/c1-13(30)25-16(14-7-3-2-4-8-14)11-18(31)27-28-19(32)12-29-17-10-6-5-9-15(17)26-20(29)21(22,23)24/h2-10,16H,11-12H2,1H3,(H,25,30)(H,27,31)(H,28,32). The second kappa shape index (κ2) is 9.50. The molecule has 1 heterocycles. The van der Waals surface area contributed by atoms with Gasteiger partial charge >= 0.3 is 6.18 Å². The van der Waals surface area contributed by atoms with Crippen LogP contribution in [-0.4, -0.2) is 27.3 Å². The molecule has 0 saturated carbocycles. The molecule has 3 N–H and O–H groups in total. The Kier molecular flexibility index (Phi) is 6.76. The number of hydrogen-bond acceptors (Lipinski definition) is 4. The Morgan fingerprint density at radius 1 is 0.969 bits per heavy atom. The molecule has 0 bridgehead atoms. The summed E-state index contributed by atoms with van der Waals surface area (Å²) in [5.74, 6) is -3.06. The number of carbonyl (C=O) groups excluding carboxylic acids is 3. The number of hydrogen-bond donors (Lipinski definition) is 3. The number of carbonyl (C=O) groups is 3. The van der Waals surface area contributed by atoms with E-state index < -0.39 is 36.4 Å². The highest BCUT2D eigenvalue weighted by molar-refractivity contribution is 5.84. The molecule has 2 aromatic carbocycles. The molecular weight excluding hydrogens is 427 g/mol. The summed E-state index contributed by atoms with van der Waals surface area (Å²) >= 11 is 0. The van der Waals surface area contributed by atoms with E-state index in [0.29, 0.717) is 5.56 Å². The molecule has 1 atom stereocenters. The van der Waals surface area contributed by atoms with Crippen LogP contribution in [0, 0.1) is 0 Å². The molecule has 0 radical (unpaired) electrons. The molecule has 11 heteroatoms. The molecule has 0 aliphatic carbocycles. The number of alkyl halides is 3. The molecule has 0 fully saturated rings. The van der Waals surface area contributed by atoms with Crippen molar-refractivity contribution in [1.29, 1.82) is 0 Å². The lowest BCUT2D eigenvalue weighted by atomic mass is 10.0. The highest BCUT2D eigenvalue weighted by Gasteiger charge is 2.38. The first kappa shape index (κ1) is 22.8. The van der Waals surface area contributed by atoms with Gasteiger partial charge < -0.3 is 9.88 Å². The van der Waals surface area contributed by atoms with Crippen molar-refractivity contribution < 1.29 is 27.6 Å². The molecule has 0 spiro atoms. The van der Waals surface area contributed by atoms with Gasteiger partial charge in [-0.1, -0.05) is 42.5 Å². The van der Waals surface area contributed by atoms with Crippen LogP contribution in [0.5, 0.6) is 0 Å². The quantitative estimate of drug-likeness (QED) is 0.505. The van der Waals surface area contributed by atoms with Gasteiger partial charge in [0.25, 0.3) is 5.91 Å². The maximum atomic E-state index is 13.3. The molecule has 0 aliphatic rings. The molecule has 1 unspecified atom stereocenters. The number of imidazole rings is 1. The number of nitrogens with zero attached hydrogens (tertiary/aromatic N) is 2. The Balaban J connectivity index is 1.66. The van der Waals surface area contributed by atoms with Crippen LogP contribution in [0.15, 0.2) is 54.6 Å². The van der Waals surface area contributed by atoms with Crippen molar-refractivity contribution in [2.45, 2.75) is 32.1 Å². The molecule has 3 rings (SSSR count). The van der Waals surface area contributed by atoms with Crippen molar-refractivity contribution in [3.05, 3.63) is 66.0 Å². The topological polar surface area (TPSA) is 105 Å². The van der Waals surface area contributed by atoms with E-state index in [-0.39, 0.29) is 23.4 Å². The first-order chi connectivity index (χ1) is 15.1. The number of amides is 3. The minimum atomic E-state index is -4.76. The van der Waals surface area contributed by atoms with Gasteiger partial charge in [0.15, 0.2) is 0 Å². The third-order valence-electron chi connectivity index (χ3n) is 4.52. The highest BCUT2D eigenvalue weighted by atomic mass is 19.4. The van der Waals surface area contributed by atoms with E-state index in [1.807, 2.05) is 0 Å². The van der Waals surface area contributed by atoms with Gasteiger partial charge in [-0.05, 0) is 17.7 Å². The van der Waals surface area contributed by atoms with Crippen LogP contribution >= 0.6 is 0 Å². The summed E-state index contributed by atoms with van der Waals surface area (Å²) in [6, 6.07) is 14.0. The van der Waals surface area contributed by atoms with E-state index >= 15 is 0 Å². The predicted molar refractivity (Wildman–Crippen MR) is 109 cm³/mol. The van der Waals surface area contributed by atoms with Crippen LogP contribution in [0.1, 0.15) is 30.8 Å². The zero-order chi connectivity index (χ0) is 23.3. The number of benzene rings is 2. The summed E-state index contributed by atoms with van der Waals surface area (Å²) in [4.78, 5) is 39.6. The molecule has 8 nitrogen and oxygen atoms in total. The van der Waals surface area contributed by atoms with Crippen LogP contribution in [0.4, 0.5) is 13.2 Å². The Hall–Kier alpha value is -3.89. The molecule has 3 amide bonds. The van der Waals surface area contributed by atoms with Crippen molar-refractivity contribution >= 4 is 28.8 Å². The highest BCUT2D eigenvalue weighted by Crippen LogP contribution is 2.31. The Labute approximate surface area is 180 Å². The normalized spacial score (nSPS) is 12.2. The summed E-state index contributed by atoms with van der Waals surface area (Å²) in [5, 5.41) is 2.65. The van der Waals surface area contributed by atoms with Gasteiger partial charge in [-0.3, -0.25) is 25.2 Å². The summed E-state index contributed by atoms with van der Waals surface area (Å²) in [6.07, 6.45) is -4.95. The fourth-order valence-electron chi connectivity index (χ4n) is 3.19. The lowest BCUT2D eigenvalue weighted by molar-refractivity contribution is -0.147. The van der Waals surface area contributed by atoms with Crippen LogP contribution in [0.25, 0.3) is 11.0 Å². The van der Waals surface area contributed by atoms with Crippen LogP contribution in [0.3, 0.4) is 0 Å². The molecule has 32 heavy (non-hydrogen) atoms. The second-order valence-corrected chi connectivity index (χ2v) is 6.97. The number of para-hydroxylation sites is 2. The van der Waals surface area contributed by atoms with Crippen LogP contribution < -0.4 is 16.2 Å². The van der Waals surface area contributed by atoms with Crippen molar-refractivity contribution in [3.8, 4) is 0 Å². The van der Waals surface area contributed by atoms with E-state index in [4.69, 9.17) is 0 Å². The van der Waals surface area contributed by atoms with Crippen LogP contribution in [0.2, 0.25) is 0 Å². The van der Waals surface area contributed by atoms with Gasteiger partial charge in [0.05, 0.1) is 23.5 Å². The summed E-state index contributed by atoms with van der Waals surface area (Å²) in [7, 11) is 0. The molecule has 0 saturated heterocycles. The lowest BCUT2D eigenvalue weighted by Crippen LogP contribution is -2.44. The smallest absolute Gasteiger partial charge is 0.349 e. The summed E-state index contributed by atoms with van der Waals surface area (Å²) < 4.78 is 40.8. The largest absolute Gasteiger partial charge is 0.449 e. The fourth-order valence-corrected chi connectivity index (χ4v) is 3.19. The minimum Gasteiger partial charge on any atom is -0.349 e. The number of aromatic nitrogens is 2. The van der Waals surface area contributed by atoms with Crippen molar-refractivity contribution in [3.63, 3.8) is 0 Å². The van der Waals surface area contributed by atoms with Gasteiger partial charge in [0, 0.05) is 6.92 Å². The third kappa shape index (κ3) is 5.62. The Bertz CT molecular complexity index is 1130. The van der Waals surface area contributed by atoms with Crippen molar-refractivity contribution in [2.24, 2.45) is 0 Å². The third-order valence-corrected chi connectivity index (χ3v) is 4.52. The number of hydrazine groups is 1. The first-order valence-corrected chi connectivity index (χ1v) is 9.57. The van der Waals surface area contributed by atoms with Gasteiger partial charge in [0.2, 0.25) is 17.6 Å². The van der Waals surface area contributed by atoms with E-state index in [1.54, 1.807) is 36.4 Å². The number of halogens is 3. The summed E-state index contributed by atoms with van der Waals surface area (Å²) in [6.45, 7) is 0.604. The van der Waals surface area contributed by atoms with E-state index in [2.05, 4.69) is 21.2 Å². The number of nitrogens with one attached hydrogen (secondary N) is 3. The lowest BCUT2D eigenvalue weighted by Gasteiger charge is -2.18. The molecule has 0 aliphatic heterocycles. The van der Waals surface area contributed by atoms with Gasteiger partial charge in [0.1, 0.15) is 6.54 Å².